The van der Waals surface area contributed by atoms with Crippen molar-refractivity contribution in [1.82, 2.24) is 5.32 Å². The Morgan fingerprint density at radius 3 is 2.88 bits per heavy atom. The van der Waals surface area contributed by atoms with Crippen molar-refractivity contribution in [3.8, 4) is 0 Å². The monoisotopic (exact) mass is 227 g/mol. The van der Waals surface area contributed by atoms with Crippen LogP contribution >= 0.6 is 0 Å². The van der Waals surface area contributed by atoms with Gasteiger partial charge in [-0.05, 0) is 6.08 Å². The summed E-state index contributed by atoms with van der Waals surface area (Å²) in [6.07, 6.45) is 0.998. The minimum absolute atomic E-state index is 0.0634. The summed E-state index contributed by atoms with van der Waals surface area (Å²) in [5.74, 6) is -1.09. The van der Waals surface area contributed by atoms with Gasteiger partial charge in [0.2, 0.25) is 0 Å². The third-order valence-corrected chi connectivity index (χ3v) is 2.13. The van der Waals surface area contributed by atoms with E-state index in [0.29, 0.717) is 0 Å². The predicted molar refractivity (Wildman–Crippen MR) is 54.8 cm³/mol. The highest BCUT2D eigenvalue weighted by molar-refractivity contribution is 5.87. The number of hydrogen-bond acceptors (Lipinski definition) is 4. The first-order chi connectivity index (χ1) is 7.54. The van der Waals surface area contributed by atoms with Crippen LogP contribution in [0.5, 0.6) is 0 Å². The van der Waals surface area contributed by atoms with Gasteiger partial charge in [-0.3, -0.25) is 0 Å². The second kappa shape index (κ2) is 5.32. The topological polar surface area (TPSA) is 95.9 Å². The molecule has 0 saturated heterocycles. The summed E-state index contributed by atoms with van der Waals surface area (Å²) in [5, 5.41) is 20.5. The SMILES string of the molecule is C=CCOC(=O)N[C@H]1CC(C(=O)O)=C[C@H]1O. The first-order valence-electron chi connectivity index (χ1n) is 4.71. The summed E-state index contributed by atoms with van der Waals surface area (Å²) in [6, 6.07) is -0.650. The van der Waals surface area contributed by atoms with Crippen molar-refractivity contribution in [3.05, 3.63) is 24.3 Å². The fraction of sp³-hybridized carbons (Fsp3) is 0.400. The van der Waals surface area contributed by atoms with Crippen LogP contribution < -0.4 is 5.32 Å². The van der Waals surface area contributed by atoms with Crippen LogP contribution in [-0.4, -0.2) is 41.0 Å². The van der Waals surface area contributed by atoms with Gasteiger partial charge in [0.15, 0.2) is 0 Å². The summed E-state index contributed by atoms with van der Waals surface area (Å²) >= 11 is 0. The summed E-state index contributed by atoms with van der Waals surface area (Å²) in [6.45, 7) is 3.44. The molecule has 0 spiro atoms. The van der Waals surface area contributed by atoms with Crippen molar-refractivity contribution < 1.29 is 24.5 Å². The molecule has 1 aliphatic carbocycles. The Balaban J connectivity index is 2.44. The quantitative estimate of drug-likeness (QED) is 0.589. The maximum Gasteiger partial charge on any atom is 0.407 e. The lowest BCUT2D eigenvalue weighted by molar-refractivity contribution is -0.132. The van der Waals surface area contributed by atoms with Gasteiger partial charge >= 0.3 is 12.1 Å². The van der Waals surface area contributed by atoms with Crippen molar-refractivity contribution in [2.75, 3.05) is 6.61 Å². The molecule has 0 heterocycles. The van der Waals surface area contributed by atoms with Crippen molar-refractivity contribution in [2.24, 2.45) is 0 Å². The van der Waals surface area contributed by atoms with Crippen molar-refractivity contribution in [3.63, 3.8) is 0 Å². The summed E-state index contributed by atoms with van der Waals surface area (Å²) in [4.78, 5) is 21.7. The number of aliphatic carboxylic acids is 1. The normalized spacial score (nSPS) is 23.4. The van der Waals surface area contributed by atoms with Gasteiger partial charge in [0.05, 0.1) is 12.1 Å². The van der Waals surface area contributed by atoms with Crippen LogP contribution in [0.25, 0.3) is 0 Å². The van der Waals surface area contributed by atoms with Gasteiger partial charge in [-0.2, -0.15) is 0 Å². The van der Waals surface area contributed by atoms with Crippen molar-refractivity contribution >= 4 is 12.1 Å². The number of rotatable bonds is 4. The van der Waals surface area contributed by atoms with Crippen LogP contribution in [0.4, 0.5) is 4.79 Å². The second-order valence-electron chi connectivity index (χ2n) is 3.33. The largest absolute Gasteiger partial charge is 0.478 e. The zero-order valence-corrected chi connectivity index (χ0v) is 8.55. The highest BCUT2D eigenvalue weighted by Crippen LogP contribution is 2.19. The van der Waals surface area contributed by atoms with Crippen LogP contribution in [-0.2, 0) is 9.53 Å². The minimum Gasteiger partial charge on any atom is -0.478 e. The van der Waals surface area contributed by atoms with Gasteiger partial charge in [-0.25, -0.2) is 9.59 Å². The van der Waals surface area contributed by atoms with Crippen molar-refractivity contribution in [1.29, 1.82) is 0 Å². The fourth-order valence-electron chi connectivity index (χ4n) is 1.37. The molecule has 0 bridgehead atoms. The van der Waals surface area contributed by atoms with Gasteiger partial charge in [0.1, 0.15) is 6.61 Å². The molecule has 0 saturated carbocycles. The van der Waals surface area contributed by atoms with Crippen LogP contribution in [0.3, 0.4) is 0 Å². The Hall–Kier alpha value is -1.82. The Morgan fingerprint density at radius 2 is 2.38 bits per heavy atom. The number of carboxylic acids is 1. The first-order valence-corrected chi connectivity index (χ1v) is 4.71. The third kappa shape index (κ3) is 3.09. The molecule has 1 rings (SSSR count). The molecule has 1 aliphatic rings. The van der Waals surface area contributed by atoms with E-state index in [0.717, 1.165) is 0 Å². The van der Waals surface area contributed by atoms with E-state index in [-0.39, 0.29) is 18.6 Å². The van der Waals surface area contributed by atoms with E-state index in [4.69, 9.17) is 5.11 Å². The Labute approximate surface area is 92.2 Å². The van der Waals surface area contributed by atoms with E-state index in [1.807, 2.05) is 0 Å². The molecule has 3 N–H and O–H groups in total. The predicted octanol–water partition coefficient (Wildman–Crippen LogP) is 0.0428. The van der Waals surface area contributed by atoms with Gasteiger partial charge in [0, 0.05) is 12.0 Å². The minimum atomic E-state index is -1.09. The number of amides is 1. The highest BCUT2D eigenvalue weighted by Gasteiger charge is 2.30. The maximum absolute atomic E-state index is 11.1. The van der Waals surface area contributed by atoms with Crippen LogP contribution in [0.1, 0.15) is 6.42 Å². The fourth-order valence-corrected chi connectivity index (χ4v) is 1.37. The lowest BCUT2D eigenvalue weighted by Gasteiger charge is -2.15. The van der Waals surface area contributed by atoms with E-state index in [2.05, 4.69) is 16.6 Å². The lowest BCUT2D eigenvalue weighted by Crippen LogP contribution is -2.40. The molecular weight excluding hydrogens is 214 g/mol. The summed E-state index contributed by atoms with van der Waals surface area (Å²) in [7, 11) is 0. The standard InChI is InChI=1S/C10H13NO5/c1-2-3-16-10(15)11-7-4-6(9(13)14)5-8(7)12/h2,5,7-8,12H,1,3-4H2,(H,11,15)(H,13,14)/t7-,8+/m0/s1. The molecule has 0 aliphatic heterocycles. The molecule has 2 atom stereocenters. The first kappa shape index (κ1) is 12.3. The molecule has 0 fully saturated rings. The van der Waals surface area contributed by atoms with Gasteiger partial charge < -0.3 is 20.3 Å². The number of carbonyl (C=O) groups is 2. The zero-order chi connectivity index (χ0) is 12.1. The van der Waals surface area contributed by atoms with E-state index in [1.54, 1.807) is 0 Å². The molecule has 16 heavy (non-hydrogen) atoms. The van der Waals surface area contributed by atoms with E-state index in [1.165, 1.54) is 12.2 Å². The number of carboxylic acid groups (broad SMARTS) is 1. The zero-order valence-electron chi connectivity index (χ0n) is 8.55. The van der Waals surface area contributed by atoms with Gasteiger partial charge in [-0.1, -0.05) is 12.7 Å². The molecule has 0 aromatic heterocycles. The van der Waals surface area contributed by atoms with Gasteiger partial charge in [-0.15, -0.1) is 0 Å². The molecule has 0 radical (unpaired) electrons. The van der Waals surface area contributed by atoms with Crippen molar-refractivity contribution in [2.45, 2.75) is 18.6 Å². The smallest absolute Gasteiger partial charge is 0.407 e. The van der Waals surface area contributed by atoms with E-state index >= 15 is 0 Å². The second-order valence-corrected chi connectivity index (χ2v) is 3.33. The van der Waals surface area contributed by atoms with E-state index < -0.39 is 24.2 Å². The molecule has 0 aromatic rings. The molecule has 6 nitrogen and oxygen atoms in total. The number of alkyl carbamates (subject to hydrolysis) is 1. The third-order valence-electron chi connectivity index (χ3n) is 2.13. The number of hydrogen-bond donors (Lipinski definition) is 3. The Bertz CT molecular complexity index is 336. The highest BCUT2D eigenvalue weighted by atomic mass is 16.5. The molecular formula is C10H13NO5. The van der Waals surface area contributed by atoms with Crippen LogP contribution in [0.15, 0.2) is 24.3 Å². The molecule has 1 amide bonds. The molecule has 0 aromatic carbocycles. The van der Waals surface area contributed by atoms with Crippen LogP contribution in [0, 0.1) is 0 Å². The number of aliphatic hydroxyl groups is 1. The lowest BCUT2D eigenvalue weighted by atomic mass is 10.2. The van der Waals surface area contributed by atoms with Crippen LogP contribution in [0.2, 0.25) is 0 Å². The number of ether oxygens (including phenoxy) is 1. The average Bonchev–Trinajstić information content (AvgIpc) is 2.57. The molecule has 0 unspecified atom stereocenters. The summed E-state index contributed by atoms with van der Waals surface area (Å²) < 4.78 is 4.65. The average molecular weight is 227 g/mol. The maximum atomic E-state index is 11.1. The van der Waals surface area contributed by atoms with Gasteiger partial charge in [0.25, 0.3) is 0 Å². The summed E-state index contributed by atoms with van der Waals surface area (Å²) in [5.41, 5.74) is 0.0847. The Kier molecular flexibility index (Phi) is 4.07. The Morgan fingerprint density at radius 1 is 1.69 bits per heavy atom. The molecule has 6 heteroatoms. The number of aliphatic hydroxyl groups excluding tert-OH is 1. The molecule has 88 valence electrons. The number of carbonyl (C=O) groups excluding carboxylic acids is 1. The number of nitrogens with one attached hydrogen (secondary N) is 1. The van der Waals surface area contributed by atoms with E-state index in [9.17, 15) is 14.7 Å².